The fourth-order valence-corrected chi connectivity index (χ4v) is 2.06. The lowest BCUT2D eigenvalue weighted by Crippen LogP contribution is -2.15. The van der Waals surface area contributed by atoms with Crippen molar-refractivity contribution in [1.82, 2.24) is 9.78 Å². The van der Waals surface area contributed by atoms with E-state index in [0.717, 1.165) is 12.1 Å². The van der Waals surface area contributed by atoms with Crippen LogP contribution in [-0.4, -0.2) is 15.7 Å². The molecule has 1 aromatic heterocycles. The number of rotatable bonds is 5. The van der Waals surface area contributed by atoms with E-state index in [2.05, 4.69) is 10.4 Å². The van der Waals surface area contributed by atoms with Crippen LogP contribution in [0.2, 0.25) is 0 Å². The Hall–Kier alpha value is -2.31. The molecule has 0 fully saturated rings. The lowest BCUT2D eigenvalue weighted by molar-refractivity contribution is -0.137. The van der Waals surface area contributed by atoms with Crippen LogP contribution in [0.15, 0.2) is 36.7 Å². The molecule has 0 atom stereocenters. The van der Waals surface area contributed by atoms with Gasteiger partial charge in [-0.25, -0.2) is 4.68 Å². The summed E-state index contributed by atoms with van der Waals surface area (Å²) in [6.07, 6.45) is -0.428. The summed E-state index contributed by atoms with van der Waals surface area (Å²) >= 11 is 0. The highest BCUT2D eigenvalue weighted by Crippen LogP contribution is 2.33. The van der Waals surface area contributed by atoms with Gasteiger partial charge in [-0.1, -0.05) is 13.8 Å². The van der Waals surface area contributed by atoms with E-state index in [4.69, 9.17) is 0 Å². The van der Waals surface area contributed by atoms with Crippen LogP contribution in [-0.2, 0) is 11.0 Å². The van der Waals surface area contributed by atoms with Gasteiger partial charge in [0.2, 0.25) is 5.91 Å². The lowest BCUT2D eigenvalue weighted by atomic mass is 10.1. The van der Waals surface area contributed by atoms with Crippen LogP contribution in [0.5, 0.6) is 0 Å². The molecule has 1 aromatic carbocycles. The first-order chi connectivity index (χ1) is 10.8. The number of carbonyl (C=O) groups excluding carboxylic acids is 1. The fraction of sp³-hybridized carbons (Fsp3) is 0.375. The zero-order valence-electron chi connectivity index (χ0n) is 12.9. The Labute approximate surface area is 132 Å². The van der Waals surface area contributed by atoms with Gasteiger partial charge in [0.05, 0.1) is 16.9 Å². The predicted molar refractivity (Wildman–Crippen MR) is 81.3 cm³/mol. The maximum Gasteiger partial charge on any atom is 0.416 e. The molecule has 0 aliphatic heterocycles. The minimum absolute atomic E-state index is 0.0947. The van der Waals surface area contributed by atoms with Crippen molar-refractivity contribution < 1.29 is 18.0 Å². The van der Waals surface area contributed by atoms with Gasteiger partial charge < -0.3 is 5.32 Å². The standard InChI is InChI=1S/C16H18F3N3O/c1-11(2)4-7-15(23)21-13-10-12(16(17,18)19)5-6-14(13)22-9-3-8-20-22/h3,5-6,8-11H,4,7H2,1-2H3,(H,21,23). The van der Waals surface area contributed by atoms with Gasteiger partial charge in [0, 0.05) is 18.8 Å². The van der Waals surface area contributed by atoms with Crippen LogP contribution in [0, 0.1) is 5.92 Å². The van der Waals surface area contributed by atoms with Crippen molar-refractivity contribution in [2.75, 3.05) is 5.32 Å². The second-order valence-electron chi connectivity index (χ2n) is 5.66. The molecule has 0 unspecified atom stereocenters. The van der Waals surface area contributed by atoms with E-state index in [1.54, 1.807) is 12.3 Å². The van der Waals surface area contributed by atoms with Gasteiger partial charge in [-0.05, 0) is 36.6 Å². The Morgan fingerprint density at radius 1 is 1.35 bits per heavy atom. The Bertz CT molecular complexity index is 664. The number of halogens is 3. The fourth-order valence-electron chi connectivity index (χ4n) is 2.06. The Morgan fingerprint density at radius 3 is 2.65 bits per heavy atom. The van der Waals surface area contributed by atoms with Gasteiger partial charge in [-0.2, -0.15) is 18.3 Å². The average Bonchev–Trinajstić information content (AvgIpc) is 2.98. The van der Waals surface area contributed by atoms with Crippen molar-refractivity contribution in [1.29, 1.82) is 0 Å². The van der Waals surface area contributed by atoms with E-state index >= 15 is 0 Å². The van der Waals surface area contributed by atoms with Gasteiger partial charge in [0.25, 0.3) is 0 Å². The topological polar surface area (TPSA) is 46.9 Å². The number of anilines is 1. The summed E-state index contributed by atoms with van der Waals surface area (Å²) in [6.45, 7) is 3.96. The van der Waals surface area contributed by atoms with Gasteiger partial charge in [0.15, 0.2) is 0 Å². The molecule has 7 heteroatoms. The number of alkyl halides is 3. The van der Waals surface area contributed by atoms with Crippen molar-refractivity contribution in [3.05, 3.63) is 42.2 Å². The first kappa shape index (κ1) is 17.1. The molecule has 4 nitrogen and oxygen atoms in total. The molecule has 1 heterocycles. The van der Waals surface area contributed by atoms with Gasteiger partial charge in [-0.3, -0.25) is 4.79 Å². The summed E-state index contributed by atoms with van der Waals surface area (Å²) in [5, 5.41) is 6.57. The highest BCUT2D eigenvalue weighted by Gasteiger charge is 2.31. The first-order valence-electron chi connectivity index (χ1n) is 7.28. The van der Waals surface area contributed by atoms with Crippen LogP contribution in [0.3, 0.4) is 0 Å². The Morgan fingerprint density at radius 2 is 2.09 bits per heavy atom. The molecule has 0 bridgehead atoms. The number of nitrogens with zero attached hydrogens (tertiary/aromatic N) is 2. The van der Waals surface area contributed by atoms with Crippen molar-refractivity contribution in [3.63, 3.8) is 0 Å². The zero-order valence-corrected chi connectivity index (χ0v) is 12.9. The number of aromatic nitrogens is 2. The Balaban J connectivity index is 2.31. The Kier molecular flexibility index (Phi) is 5.08. The number of hydrogen-bond donors (Lipinski definition) is 1. The van der Waals surface area contributed by atoms with Gasteiger partial charge in [-0.15, -0.1) is 0 Å². The monoisotopic (exact) mass is 325 g/mol. The third-order valence-corrected chi connectivity index (χ3v) is 3.30. The molecule has 124 valence electrons. The molecule has 0 spiro atoms. The molecule has 1 N–H and O–H groups in total. The zero-order chi connectivity index (χ0) is 17.0. The summed E-state index contributed by atoms with van der Waals surface area (Å²) in [6, 6.07) is 4.86. The minimum atomic E-state index is -4.47. The number of hydrogen-bond acceptors (Lipinski definition) is 2. The van der Waals surface area contributed by atoms with E-state index in [0.29, 0.717) is 18.0 Å². The quantitative estimate of drug-likeness (QED) is 0.892. The lowest BCUT2D eigenvalue weighted by Gasteiger charge is -2.15. The number of nitrogens with one attached hydrogen (secondary N) is 1. The highest BCUT2D eigenvalue weighted by atomic mass is 19.4. The molecule has 2 rings (SSSR count). The second kappa shape index (κ2) is 6.85. The maximum atomic E-state index is 12.9. The van der Waals surface area contributed by atoms with Crippen LogP contribution in [0.4, 0.5) is 18.9 Å². The molecule has 2 aromatic rings. The number of benzene rings is 1. The largest absolute Gasteiger partial charge is 0.416 e. The summed E-state index contributed by atoms with van der Waals surface area (Å²) in [5.74, 6) is 0.0271. The normalized spacial score (nSPS) is 11.7. The second-order valence-corrected chi connectivity index (χ2v) is 5.66. The van der Waals surface area contributed by atoms with Gasteiger partial charge >= 0.3 is 6.18 Å². The first-order valence-corrected chi connectivity index (χ1v) is 7.28. The third-order valence-electron chi connectivity index (χ3n) is 3.30. The van der Waals surface area contributed by atoms with Crippen LogP contribution < -0.4 is 5.32 Å². The number of amides is 1. The summed E-state index contributed by atoms with van der Waals surface area (Å²) in [4.78, 5) is 12.0. The highest BCUT2D eigenvalue weighted by molar-refractivity contribution is 5.93. The average molecular weight is 325 g/mol. The van der Waals surface area contributed by atoms with Gasteiger partial charge in [0.1, 0.15) is 0 Å². The predicted octanol–water partition coefficient (Wildman–Crippen LogP) is 4.27. The van der Waals surface area contributed by atoms with Crippen LogP contribution in [0.1, 0.15) is 32.3 Å². The summed E-state index contributed by atoms with van der Waals surface area (Å²) < 4.78 is 40.1. The summed E-state index contributed by atoms with van der Waals surface area (Å²) in [7, 11) is 0. The van der Waals surface area contributed by atoms with Crippen molar-refractivity contribution >= 4 is 11.6 Å². The molecular weight excluding hydrogens is 307 g/mol. The minimum Gasteiger partial charge on any atom is -0.324 e. The molecule has 0 aliphatic rings. The van der Waals surface area contributed by atoms with E-state index in [1.165, 1.54) is 16.9 Å². The van der Waals surface area contributed by atoms with Crippen molar-refractivity contribution in [3.8, 4) is 5.69 Å². The van der Waals surface area contributed by atoms with Crippen LogP contribution in [0.25, 0.3) is 5.69 Å². The van der Waals surface area contributed by atoms with E-state index in [1.807, 2.05) is 13.8 Å². The van der Waals surface area contributed by atoms with E-state index < -0.39 is 11.7 Å². The smallest absolute Gasteiger partial charge is 0.324 e. The van der Waals surface area contributed by atoms with E-state index in [-0.39, 0.29) is 18.0 Å². The molecule has 23 heavy (non-hydrogen) atoms. The van der Waals surface area contributed by atoms with Crippen molar-refractivity contribution in [2.24, 2.45) is 5.92 Å². The molecule has 1 amide bonds. The maximum absolute atomic E-state index is 12.9. The van der Waals surface area contributed by atoms with Crippen molar-refractivity contribution in [2.45, 2.75) is 32.9 Å². The molecule has 0 radical (unpaired) electrons. The SMILES string of the molecule is CC(C)CCC(=O)Nc1cc(C(F)(F)F)ccc1-n1cccn1. The summed E-state index contributed by atoms with van der Waals surface area (Å²) in [5.41, 5.74) is -0.328. The number of carbonyl (C=O) groups is 1. The molecular formula is C16H18F3N3O. The van der Waals surface area contributed by atoms with E-state index in [9.17, 15) is 18.0 Å². The van der Waals surface area contributed by atoms with Crippen LogP contribution >= 0.6 is 0 Å². The molecule has 0 aliphatic carbocycles. The molecule has 0 saturated carbocycles. The molecule has 0 saturated heterocycles. The third kappa shape index (κ3) is 4.58.